The topological polar surface area (TPSA) is 140 Å². The van der Waals surface area contributed by atoms with E-state index >= 15 is 0 Å². The molecule has 2 N–H and O–H groups in total. The van der Waals surface area contributed by atoms with E-state index in [-0.39, 0.29) is 29.7 Å². The fraction of sp³-hybridized carbons (Fsp3) is 0.391. The Kier molecular flexibility index (Phi) is 7.00. The fourth-order valence-corrected chi connectivity index (χ4v) is 4.63. The summed E-state index contributed by atoms with van der Waals surface area (Å²) in [5.74, 6) is 1.28. The normalized spacial score (nSPS) is 14.7. The van der Waals surface area contributed by atoms with Gasteiger partial charge in [0.1, 0.15) is 35.4 Å². The molecule has 10 nitrogen and oxygen atoms in total. The van der Waals surface area contributed by atoms with Gasteiger partial charge in [0, 0.05) is 37.3 Å². The molecule has 1 aromatic carbocycles. The van der Waals surface area contributed by atoms with Crippen molar-refractivity contribution in [3.8, 4) is 17.3 Å². The molecule has 1 aliphatic rings. The Morgan fingerprint density at radius 1 is 1.29 bits per heavy atom. The highest BCUT2D eigenvalue weighted by Crippen LogP contribution is 2.33. The molecule has 2 aromatic heterocycles. The molecule has 12 heteroatoms. The summed E-state index contributed by atoms with van der Waals surface area (Å²) >= 11 is 0. The van der Waals surface area contributed by atoms with Crippen LogP contribution >= 0.6 is 0 Å². The fourth-order valence-electron chi connectivity index (χ4n) is 4.25. The second-order valence-electron chi connectivity index (χ2n) is 8.50. The largest absolute Gasteiger partial charge is 0.382 e. The number of anilines is 2. The summed E-state index contributed by atoms with van der Waals surface area (Å²) in [5.41, 5.74) is 8.08. The smallest absolute Gasteiger partial charge is 0.264 e. The molecule has 0 spiro atoms. The number of aryl methyl sites for hydroxylation is 1. The van der Waals surface area contributed by atoms with Gasteiger partial charge in [0.15, 0.2) is 5.82 Å². The minimum absolute atomic E-state index is 0.0192. The number of hydrogen-bond donors (Lipinski definition) is 1. The molecule has 1 aliphatic heterocycles. The number of halogens is 1. The van der Waals surface area contributed by atoms with Crippen LogP contribution in [0.4, 0.5) is 16.0 Å². The number of nitrogens with zero attached hydrogens (tertiary/aromatic N) is 6. The summed E-state index contributed by atoms with van der Waals surface area (Å²) in [4.78, 5) is 15.0. The first-order valence-electron chi connectivity index (χ1n) is 11.1. The van der Waals surface area contributed by atoms with Gasteiger partial charge in [-0.15, -0.1) is 0 Å². The third-order valence-electron chi connectivity index (χ3n) is 6.02. The maximum atomic E-state index is 13.8. The molecule has 0 saturated carbocycles. The van der Waals surface area contributed by atoms with Crippen LogP contribution in [0.3, 0.4) is 0 Å². The van der Waals surface area contributed by atoms with Gasteiger partial charge in [-0.25, -0.2) is 19.3 Å². The van der Waals surface area contributed by atoms with Crippen molar-refractivity contribution in [1.29, 1.82) is 5.26 Å². The van der Waals surface area contributed by atoms with E-state index in [1.807, 2.05) is 15.7 Å². The van der Waals surface area contributed by atoms with Crippen molar-refractivity contribution in [1.82, 2.24) is 19.5 Å². The Balaban J connectivity index is 1.58. The lowest BCUT2D eigenvalue weighted by atomic mass is 9.95. The first-order valence-corrected chi connectivity index (χ1v) is 12.9. The maximum absolute atomic E-state index is 13.8. The third kappa shape index (κ3) is 5.58. The van der Waals surface area contributed by atoms with Gasteiger partial charge in [0.05, 0.1) is 18.6 Å². The molecule has 0 atom stereocenters. The quantitative estimate of drug-likeness (QED) is 0.486. The number of nitriles is 1. The highest BCUT2D eigenvalue weighted by molar-refractivity contribution is 7.85. The summed E-state index contributed by atoms with van der Waals surface area (Å²) in [5, 5.41) is 9.46. The lowest BCUT2D eigenvalue weighted by Crippen LogP contribution is -2.35. The number of benzene rings is 1. The molecule has 4 rings (SSSR count). The molecule has 0 radical (unpaired) electrons. The van der Waals surface area contributed by atoms with E-state index in [0.29, 0.717) is 36.7 Å². The Bertz CT molecular complexity index is 1380. The van der Waals surface area contributed by atoms with Gasteiger partial charge in [-0.3, -0.25) is 4.18 Å². The summed E-state index contributed by atoms with van der Waals surface area (Å²) < 4.78 is 43.5. The van der Waals surface area contributed by atoms with Crippen LogP contribution in [0.15, 0.2) is 30.7 Å². The van der Waals surface area contributed by atoms with Gasteiger partial charge >= 0.3 is 0 Å². The summed E-state index contributed by atoms with van der Waals surface area (Å²) in [7, 11) is -3.57. The molecule has 0 aliphatic carbocycles. The zero-order chi connectivity index (χ0) is 25.2. The van der Waals surface area contributed by atoms with Gasteiger partial charge in [-0.2, -0.15) is 13.7 Å². The van der Waals surface area contributed by atoms with Crippen molar-refractivity contribution in [2.75, 3.05) is 36.6 Å². The number of nitrogen functional groups attached to an aromatic ring is 1. The maximum Gasteiger partial charge on any atom is 0.264 e. The molecule has 0 amide bonds. The Morgan fingerprint density at radius 3 is 2.69 bits per heavy atom. The molecular weight excluding hydrogens is 473 g/mol. The van der Waals surface area contributed by atoms with Gasteiger partial charge in [-0.1, -0.05) is 0 Å². The lowest BCUT2D eigenvalue weighted by Gasteiger charge is -2.33. The van der Waals surface area contributed by atoms with Crippen molar-refractivity contribution < 1.29 is 17.0 Å². The number of nitrogens with two attached hydrogens (primary N) is 1. The van der Waals surface area contributed by atoms with Crippen molar-refractivity contribution in [3.05, 3.63) is 53.5 Å². The molecule has 3 heterocycles. The average molecular weight is 500 g/mol. The van der Waals surface area contributed by atoms with Crippen LogP contribution in [-0.2, 0) is 20.8 Å². The van der Waals surface area contributed by atoms with E-state index in [9.17, 15) is 18.1 Å². The first-order chi connectivity index (χ1) is 16.7. The zero-order valence-electron chi connectivity index (χ0n) is 19.5. The number of aromatic nitrogens is 4. The van der Waals surface area contributed by atoms with Crippen molar-refractivity contribution >= 4 is 21.8 Å². The van der Waals surface area contributed by atoms with Gasteiger partial charge in [0.2, 0.25) is 0 Å². The van der Waals surface area contributed by atoms with Crippen LogP contribution in [0, 0.1) is 24.1 Å². The minimum Gasteiger partial charge on any atom is -0.382 e. The Labute approximate surface area is 203 Å². The molecular formula is C23H26FN7O3S. The first kappa shape index (κ1) is 24.6. The van der Waals surface area contributed by atoms with Crippen molar-refractivity contribution in [2.45, 2.75) is 32.2 Å². The number of hydrogen-bond acceptors (Lipinski definition) is 9. The highest BCUT2D eigenvalue weighted by Gasteiger charge is 2.27. The molecule has 0 unspecified atom stereocenters. The molecule has 35 heavy (non-hydrogen) atoms. The molecule has 184 valence electrons. The Hall–Kier alpha value is -3.56. The summed E-state index contributed by atoms with van der Waals surface area (Å²) in [6, 6.07) is 6.91. The summed E-state index contributed by atoms with van der Waals surface area (Å²) in [6.45, 7) is 3.24. The number of imidazole rings is 1. The van der Waals surface area contributed by atoms with E-state index in [1.165, 1.54) is 12.4 Å². The number of rotatable bonds is 7. The lowest BCUT2D eigenvalue weighted by molar-refractivity contribution is 0.299. The monoisotopic (exact) mass is 499 g/mol. The second-order valence-corrected chi connectivity index (χ2v) is 10.1. The zero-order valence-corrected chi connectivity index (χ0v) is 20.3. The van der Waals surface area contributed by atoms with E-state index in [1.54, 1.807) is 19.1 Å². The average Bonchev–Trinajstić information content (AvgIpc) is 3.24. The molecule has 1 fully saturated rings. The van der Waals surface area contributed by atoms with Crippen LogP contribution in [0.1, 0.15) is 35.7 Å². The van der Waals surface area contributed by atoms with Crippen molar-refractivity contribution in [3.63, 3.8) is 0 Å². The minimum atomic E-state index is -3.57. The summed E-state index contributed by atoms with van der Waals surface area (Å²) in [6.07, 6.45) is 5.68. The SMILES string of the molecule is Cc1cc(-c2cn(CCOS(C)(=O)=O)c(C3CCN(c4ncnc(N)c4C#N)CC3)n2)ccc1F. The van der Waals surface area contributed by atoms with Gasteiger partial charge in [0.25, 0.3) is 10.1 Å². The molecule has 0 bridgehead atoms. The van der Waals surface area contributed by atoms with E-state index in [2.05, 4.69) is 16.0 Å². The van der Waals surface area contributed by atoms with Crippen LogP contribution in [0.5, 0.6) is 0 Å². The highest BCUT2D eigenvalue weighted by atomic mass is 32.2. The van der Waals surface area contributed by atoms with Crippen LogP contribution in [0.25, 0.3) is 11.3 Å². The molecule has 1 saturated heterocycles. The van der Waals surface area contributed by atoms with Crippen LogP contribution in [0.2, 0.25) is 0 Å². The van der Waals surface area contributed by atoms with Crippen LogP contribution < -0.4 is 10.6 Å². The van der Waals surface area contributed by atoms with Gasteiger partial charge in [-0.05, 0) is 43.5 Å². The van der Waals surface area contributed by atoms with E-state index < -0.39 is 10.1 Å². The van der Waals surface area contributed by atoms with Gasteiger partial charge < -0.3 is 15.2 Å². The standard InChI is InChI=1S/C23H26FN7O3S/c1-15-11-17(3-4-19(15)24)20-13-31(9-10-34-35(2,32)33)22(29-20)16-5-7-30(8-6-16)23-18(12-25)21(26)27-14-28-23/h3-4,11,13-14,16H,5-10H2,1-2H3,(H2,26,27,28). The third-order valence-corrected chi connectivity index (χ3v) is 6.61. The van der Waals surface area contributed by atoms with Crippen LogP contribution in [-0.4, -0.2) is 53.9 Å². The predicted molar refractivity (Wildman–Crippen MR) is 129 cm³/mol. The second kappa shape index (κ2) is 9.97. The Morgan fingerprint density at radius 2 is 2.03 bits per heavy atom. The number of piperidine rings is 1. The predicted octanol–water partition coefficient (Wildman–Crippen LogP) is 2.60. The van der Waals surface area contributed by atoms with Crippen molar-refractivity contribution in [2.24, 2.45) is 0 Å². The molecule has 3 aromatic rings. The van der Waals surface area contributed by atoms with E-state index in [0.717, 1.165) is 30.5 Å². The van der Waals surface area contributed by atoms with E-state index in [4.69, 9.17) is 14.9 Å².